The Hall–Kier alpha value is -2.21. The Balaban J connectivity index is 1.36. The van der Waals surface area contributed by atoms with Gasteiger partial charge in [-0.3, -0.25) is 9.59 Å². The summed E-state index contributed by atoms with van der Waals surface area (Å²) >= 11 is 1.54. The second kappa shape index (κ2) is 8.66. The molecule has 2 amide bonds. The van der Waals surface area contributed by atoms with Gasteiger partial charge in [-0.05, 0) is 51.7 Å². The van der Waals surface area contributed by atoms with E-state index < -0.39 is 0 Å². The zero-order chi connectivity index (χ0) is 20.4. The first-order valence-corrected chi connectivity index (χ1v) is 11.5. The molecule has 1 saturated carbocycles. The average molecular weight is 412 g/mol. The highest BCUT2D eigenvalue weighted by molar-refractivity contribution is 7.13. The maximum absolute atomic E-state index is 12.7. The smallest absolute Gasteiger partial charge is 0.263 e. The number of likely N-dealkylation sites (tertiary alicyclic amines) is 1. The van der Waals surface area contributed by atoms with Crippen molar-refractivity contribution in [3.63, 3.8) is 0 Å². The van der Waals surface area contributed by atoms with Crippen molar-refractivity contribution in [2.24, 2.45) is 0 Å². The zero-order valence-corrected chi connectivity index (χ0v) is 18.1. The highest BCUT2D eigenvalue weighted by Crippen LogP contribution is 2.33. The fraction of sp³-hybridized carbons (Fsp3) is 0.522. The third kappa shape index (κ3) is 4.53. The molecule has 1 aliphatic heterocycles. The van der Waals surface area contributed by atoms with Gasteiger partial charge in [-0.25, -0.2) is 4.98 Å². The van der Waals surface area contributed by atoms with E-state index in [-0.39, 0.29) is 11.8 Å². The number of hydrogen-bond acceptors (Lipinski definition) is 4. The molecule has 2 aliphatic rings. The average Bonchev–Trinajstić information content (AvgIpc) is 3.38. The third-order valence-electron chi connectivity index (χ3n) is 6.14. The van der Waals surface area contributed by atoms with Gasteiger partial charge >= 0.3 is 0 Å². The molecule has 1 saturated heterocycles. The number of carbonyl (C=O) groups excluding carboxylic acids is 2. The topological polar surface area (TPSA) is 62.3 Å². The molecule has 154 valence electrons. The number of aromatic nitrogens is 1. The number of carbonyl (C=O) groups is 2. The molecule has 2 fully saturated rings. The van der Waals surface area contributed by atoms with Crippen molar-refractivity contribution in [3.8, 4) is 0 Å². The zero-order valence-electron chi connectivity index (χ0n) is 17.2. The number of thiazole rings is 1. The molecule has 4 rings (SSSR count). The maximum Gasteiger partial charge on any atom is 0.263 e. The van der Waals surface area contributed by atoms with E-state index in [2.05, 4.69) is 5.32 Å². The van der Waals surface area contributed by atoms with Crippen LogP contribution in [0, 0.1) is 13.8 Å². The molecule has 29 heavy (non-hydrogen) atoms. The molecule has 0 spiro atoms. The first kappa shape index (κ1) is 20.1. The van der Waals surface area contributed by atoms with E-state index in [4.69, 9.17) is 4.98 Å². The minimum atomic E-state index is 0.0325. The van der Waals surface area contributed by atoms with Crippen LogP contribution in [0.4, 0.5) is 0 Å². The summed E-state index contributed by atoms with van der Waals surface area (Å²) in [7, 11) is 0. The lowest BCUT2D eigenvalue weighted by Gasteiger charge is -2.31. The van der Waals surface area contributed by atoms with E-state index >= 15 is 0 Å². The lowest BCUT2D eigenvalue weighted by atomic mass is 9.97. The Bertz CT molecular complexity index is 876. The van der Waals surface area contributed by atoms with Gasteiger partial charge in [0.1, 0.15) is 4.88 Å². The van der Waals surface area contributed by atoms with Crippen LogP contribution in [-0.2, 0) is 0 Å². The molecule has 0 radical (unpaired) electrons. The van der Waals surface area contributed by atoms with Crippen LogP contribution in [0.3, 0.4) is 0 Å². The van der Waals surface area contributed by atoms with Crippen molar-refractivity contribution in [1.82, 2.24) is 15.2 Å². The predicted molar refractivity (Wildman–Crippen MR) is 116 cm³/mol. The van der Waals surface area contributed by atoms with Crippen LogP contribution in [0.2, 0.25) is 0 Å². The number of piperidine rings is 1. The number of benzene rings is 1. The first-order chi connectivity index (χ1) is 14.0. The number of amides is 2. The van der Waals surface area contributed by atoms with Crippen LogP contribution in [0.5, 0.6) is 0 Å². The van der Waals surface area contributed by atoms with Crippen molar-refractivity contribution >= 4 is 23.2 Å². The Kier molecular flexibility index (Phi) is 5.99. The summed E-state index contributed by atoms with van der Waals surface area (Å²) in [5, 5.41) is 4.22. The standard InChI is InChI=1S/C23H29N3O2S/c1-15-7-9-18(10-8-15)23(28)26-13-11-17(12-14-26)22-24-16(2)20(29-22)21(27)25-19-5-3-4-6-19/h7-10,17,19H,3-6,11-14H2,1-2H3,(H,25,27). The van der Waals surface area contributed by atoms with Crippen molar-refractivity contribution < 1.29 is 9.59 Å². The van der Waals surface area contributed by atoms with E-state index in [0.717, 1.165) is 65.5 Å². The van der Waals surface area contributed by atoms with Gasteiger partial charge < -0.3 is 10.2 Å². The van der Waals surface area contributed by atoms with Crippen LogP contribution in [-0.4, -0.2) is 40.8 Å². The Morgan fingerprint density at radius 3 is 2.34 bits per heavy atom. The van der Waals surface area contributed by atoms with E-state index in [1.54, 1.807) is 0 Å². The lowest BCUT2D eigenvalue weighted by molar-refractivity contribution is 0.0712. The van der Waals surface area contributed by atoms with Crippen molar-refractivity contribution in [2.45, 2.75) is 64.3 Å². The molecule has 1 aromatic carbocycles. The van der Waals surface area contributed by atoms with E-state index in [1.165, 1.54) is 24.2 Å². The molecule has 6 heteroatoms. The Morgan fingerprint density at radius 2 is 1.69 bits per heavy atom. The second-order valence-corrected chi connectivity index (χ2v) is 9.38. The van der Waals surface area contributed by atoms with Crippen LogP contribution >= 0.6 is 11.3 Å². The van der Waals surface area contributed by atoms with Gasteiger partial charge in [0.15, 0.2) is 0 Å². The second-order valence-electron chi connectivity index (χ2n) is 8.35. The lowest BCUT2D eigenvalue weighted by Crippen LogP contribution is -2.37. The van der Waals surface area contributed by atoms with Gasteiger partial charge in [-0.2, -0.15) is 0 Å². The van der Waals surface area contributed by atoms with Gasteiger partial charge in [0.2, 0.25) is 0 Å². The number of rotatable bonds is 4. The molecule has 2 aromatic rings. The van der Waals surface area contributed by atoms with Gasteiger partial charge in [0.05, 0.1) is 10.7 Å². The summed E-state index contributed by atoms with van der Waals surface area (Å²) in [5.74, 6) is 0.467. The van der Waals surface area contributed by atoms with Gasteiger partial charge in [-0.15, -0.1) is 11.3 Å². The van der Waals surface area contributed by atoms with Gasteiger partial charge in [-0.1, -0.05) is 30.5 Å². The SMILES string of the molecule is Cc1ccc(C(=O)N2CCC(c3nc(C)c(C(=O)NC4CCCC4)s3)CC2)cc1. The number of nitrogens with one attached hydrogen (secondary N) is 1. The molecule has 5 nitrogen and oxygen atoms in total. The fourth-order valence-corrected chi connectivity index (χ4v) is 5.47. The first-order valence-electron chi connectivity index (χ1n) is 10.7. The highest BCUT2D eigenvalue weighted by Gasteiger charge is 2.28. The van der Waals surface area contributed by atoms with Gasteiger partial charge in [0, 0.05) is 30.6 Å². The van der Waals surface area contributed by atoms with Crippen LogP contribution in [0.25, 0.3) is 0 Å². The molecule has 1 aromatic heterocycles. The normalized spacial score (nSPS) is 18.2. The third-order valence-corrected chi connectivity index (χ3v) is 7.46. The Morgan fingerprint density at radius 1 is 1.03 bits per heavy atom. The van der Waals surface area contributed by atoms with Crippen LogP contribution in [0.15, 0.2) is 24.3 Å². The summed E-state index contributed by atoms with van der Waals surface area (Å²) in [6, 6.07) is 8.10. The molecule has 0 bridgehead atoms. The van der Waals surface area contributed by atoms with Gasteiger partial charge in [0.25, 0.3) is 11.8 Å². The van der Waals surface area contributed by atoms with Crippen molar-refractivity contribution in [3.05, 3.63) is 51.0 Å². The Labute approximate surface area is 176 Å². The summed E-state index contributed by atoms with van der Waals surface area (Å²) in [6.45, 7) is 5.43. The number of nitrogens with zero attached hydrogens (tertiary/aromatic N) is 2. The summed E-state index contributed by atoms with van der Waals surface area (Å²) in [6.07, 6.45) is 6.38. The molecular formula is C23H29N3O2S. The minimum Gasteiger partial charge on any atom is -0.349 e. The van der Waals surface area contributed by atoms with Crippen molar-refractivity contribution in [1.29, 1.82) is 0 Å². The number of hydrogen-bond donors (Lipinski definition) is 1. The molecular weight excluding hydrogens is 382 g/mol. The van der Waals surface area contributed by atoms with Crippen LogP contribution < -0.4 is 5.32 Å². The monoisotopic (exact) mass is 411 g/mol. The quantitative estimate of drug-likeness (QED) is 0.808. The molecule has 0 atom stereocenters. The van der Waals surface area contributed by atoms with Crippen LogP contribution in [0.1, 0.15) is 80.7 Å². The largest absolute Gasteiger partial charge is 0.349 e. The summed E-state index contributed by atoms with van der Waals surface area (Å²) in [4.78, 5) is 32.8. The molecule has 2 heterocycles. The van der Waals surface area contributed by atoms with Crippen molar-refractivity contribution in [2.75, 3.05) is 13.1 Å². The summed E-state index contributed by atoms with van der Waals surface area (Å²) < 4.78 is 0. The molecule has 0 unspecified atom stereocenters. The fourth-order valence-electron chi connectivity index (χ4n) is 4.33. The van der Waals surface area contributed by atoms with E-state index in [9.17, 15) is 9.59 Å². The summed E-state index contributed by atoms with van der Waals surface area (Å²) in [5.41, 5.74) is 2.75. The minimum absolute atomic E-state index is 0.0325. The molecule has 1 N–H and O–H groups in total. The number of aryl methyl sites for hydroxylation is 2. The maximum atomic E-state index is 12.7. The predicted octanol–water partition coefficient (Wildman–Crippen LogP) is 4.45. The van der Waals surface area contributed by atoms with E-state index in [1.807, 2.05) is 43.0 Å². The highest BCUT2D eigenvalue weighted by atomic mass is 32.1. The molecule has 1 aliphatic carbocycles. The van der Waals surface area contributed by atoms with E-state index in [0.29, 0.717) is 12.0 Å².